The summed E-state index contributed by atoms with van der Waals surface area (Å²) in [5.41, 5.74) is -0.133. The third kappa shape index (κ3) is 3.43. The first-order chi connectivity index (χ1) is 7.11. The molecule has 5 heteroatoms. The van der Waals surface area contributed by atoms with Crippen LogP contribution in [-0.4, -0.2) is 27.2 Å². The second-order valence-corrected chi connectivity index (χ2v) is 4.59. The Morgan fingerprint density at radius 2 is 2.33 bits per heavy atom. The Bertz CT molecular complexity index is 321. The lowest BCUT2D eigenvalue weighted by Gasteiger charge is -2.29. The molecular formula is C10H16BrN3O. The lowest BCUT2D eigenvalue weighted by Crippen LogP contribution is -2.35. The van der Waals surface area contributed by atoms with E-state index in [9.17, 15) is 0 Å². The van der Waals surface area contributed by atoms with Gasteiger partial charge in [-0.1, -0.05) is 6.92 Å². The molecule has 1 aromatic rings. The van der Waals surface area contributed by atoms with E-state index in [0.717, 1.165) is 16.7 Å². The van der Waals surface area contributed by atoms with Crippen LogP contribution in [0.25, 0.3) is 0 Å². The number of anilines is 1. The van der Waals surface area contributed by atoms with E-state index in [1.807, 2.05) is 0 Å². The summed E-state index contributed by atoms with van der Waals surface area (Å²) in [7, 11) is 0. The molecule has 0 aromatic carbocycles. The monoisotopic (exact) mass is 273 g/mol. The van der Waals surface area contributed by atoms with E-state index in [-0.39, 0.29) is 12.1 Å². The van der Waals surface area contributed by atoms with E-state index in [1.54, 1.807) is 6.20 Å². The van der Waals surface area contributed by atoms with Crippen LogP contribution in [0, 0.1) is 0 Å². The Kier molecular flexibility index (Phi) is 4.47. The van der Waals surface area contributed by atoms with Crippen molar-refractivity contribution in [1.29, 1.82) is 0 Å². The number of hydrogen-bond donors (Lipinski definition) is 2. The molecule has 0 aliphatic carbocycles. The van der Waals surface area contributed by atoms with Gasteiger partial charge < -0.3 is 10.4 Å². The molecule has 15 heavy (non-hydrogen) atoms. The van der Waals surface area contributed by atoms with Gasteiger partial charge in [0.15, 0.2) is 0 Å². The second-order valence-electron chi connectivity index (χ2n) is 3.73. The highest BCUT2D eigenvalue weighted by atomic mass is 79.9. The van der Waals surface area contributed by atoms with Gasteiger partial charge in [-0.15, -0.1) is 0 Å². The highest BCUT2D eigenvalue weighted by Gasteiger charge is 2.22. The van der Waals surface area contributed by atoms with E-state index < -0.39 is 0 Å². The first-order valence-corrected chi connectivity index (χ1v) is 5.75. The van der Waals surface area contributed by atoms with Gasteiger partial charge in [-0.3, -0.25) is 0 Å². The summed E-state index contributed by atoms with van der Waals surface area (Å²) in [5.74, 6) is 0.766. The molecule has 1 aromatic heterocycles. The summed E-state index contributed by atoms with van der Waals surface area (Å²) in [6, 6.07) is 0. The van der Waals surface area contributed by atoms with Crippen LogP contribution in [0.5, 0.6) is 0 Å². The number of nitrogens with one attached hydrogen (secondary N) is 1. The Morgan fingerprint density at radius 1 is 1.60 bits per heavy atom. The quantitative estimate of drug-likeness (QED) is 0.864. The molecule has 0 saturated carbocycles. The number of aliphatic hydroxyl groups is 1. The van der Waals surface area contributed by atoms with Crippen LogP contribution in [0.2, 0.25) is 0 Å². The second kappa shape index (κ2) is 5.42. The van der Waals surface area contributed by atoms with Crippen molar-refractivity contribution in [3.63, 3.8) is 0 Å². The molecular weight excluding hydrogens is 258 g/mol. The van der Waals surface area contributed by atoms with E-state index >= 15 is 0 Å². The minimum absolute atomic E-state index is 0.133. The first kappa shape index (κ1) is 12.4. The van der Waals surface area contributed by atoms with Crippen molar-refractivity contribution >= 4 is 21.7 Å². The SMILES string of the molecule is CCC(C)(CCO)Nc1ncncc1Br. The van der Waals surface area contributed by atoms with Crippen molar-refractivity contribution in [3.05, 3.63) is 17.0 Å². The average molecular weight is 274 g/mol. The Morgan fingerprint density at radius 3 is 2.87 bits per heavy atom. The molecule has 1 heterocycles. The predicted octanol–water partition coefficient (Wildman–Crippen LogP) is 2.20. The standard InChI is InChI=1S/C10H16BrN3O/c1-3-10(2,4-5-15)14-9-8(11)6-12-7-13-9/h6-7,15H,3-5H2,1-2H3,(H,12,13,14). The maximum atomic E-state index is 9.00. The van der Waals surface area contributed by atoms with Crippen molar-refractivity contribution in [2.24, 2.45) is 0 Å². The molecule has 84 valence electrons. The van der Waals surface area contributed by atoms with Crippen molar-refractivity contribution in [2.45, 2.75) is 32.2 Å². The molecule has 1 rings (SSSR count). The lowest BCUT2D eigenvalue weighted by molar-refractivity contribution is 0.251. The van der Waals surface area contributed by atoms with Crippen LogP contribution in [0.4, 0.5) is 5.82 Å². The van der Waals surface area contributed by atoms with Gasteiger partial charge in [-0.25, -0.2) is 9.97 Å². The van der Waals surface area contributed by atoms with Crippen LogP contribution >= 0.6 is 15.9 Å². The summed E-state index contributed by atoms with van der Waals surface area (Å²) >= 11 is 3.38. The molecule has 0 spiro atoms. The fourth-order valence-corrected chi connectivity index (χ4v) is 1.58. The first-order valence-electron chi connectivity index (χ1n) is 4.96. The highest BCUT2D eigenvalue weighted by Crippen LogP contribution is 2.25. The number of aliphatic hydroxyl groups excluding tert-OH is 1. The molecule has 0 fully saturated rings. The number of aromatic nitrogens is 2. The van der Waals surface area contributed by atoms with Crippen LogP contribution in [-0.2, 0) is 0 Å². The minimum Gasteiger partial charge on any atom is -0.396 e. The fraction of sp³-hybridized carbons (Fsp3) is 0.600. The van der Waals surface area contributed by atoms with E-state index in [0.29, 0.717) is 6.42 Å². The Hall–Kier alpha value is -0.680. The van der Waals surface area contributed by atoms with Gasteiger partial charge in [-0.05, 0) is 35.7 Å². The molecule has 2 N–H and O–H groups in total. The molecule has 0 saturated heterocycles. The zero-order valence-corrected chi connectivity index (χ0v) is 10.6. The lowest BCUT2D eigenvalue weighted by atomic mass is 9.95. The normalized spacial score (nSPS) is 14.7. The molecule has 0 aliphatic rings. The topological polar surface area (TPSA) is 58.0 Å². The summed E-state index contributed by atoms with van der Waals surface area (Å²) in [6.45, 7) is 4.32. The molecule has 1 atom stereocenters. The molecule has 0 amide bonds. The number of rotatable bonds is 5. The third-order valence-corrected chi connectivity index (χ3v) is 3.11. The summed E-state index contributed by atoms with van der Waals surface area (Å²) in [4.78, 5) is 8.04. The number of hydrogen-bond acceptors (Lipinski definition) is 4. The summed E-state index contributed by atoms with van der Waals surface area (Å²) < 4.78 is 0.836. The summed E-state index contributed by atoms with van der Waals surface area (Å²) in [6.07, 6.45) is 4.82. The number of halogens is 1. The van der Waals surface area contributed by atoms with Crippen molar-refractivity contribution in [3.8, 4) is 0 Å². The Labute approximate surface area is 98.3 Å². The third-order valence-electron chi connectivity index (χ3n) is 2.53. The predicted molar refractivity (Wildman–Crippen MR) is 63.8 cm³/mol. The molecule has 0 aliphatic heterocycles. The zero-order valence-electron chi connectivity index (χ0n) is 9.00. The molecule has 4 nitrogen and oxygen atoms in total. The van der Waals surface area contributed by atoms with Crippen molar-refractivity contribution in [1.82, 2.24) is 9.97 Å². The van der Waals surface area contributed by atoms with Gasteiger partial charge in [-0.2, -0.15) is 0 Å². The summed E-state index contributed by atoms with van der Waals surface area (Å²) in [5, 5.41) is 12.3. The van der Waals surface area contributed by atoms with Crippen molar-refractivity contribution < 1.29 is 5.11 Å². The van der Waals surface area contributed by atoms with Gasteiger partial charge in [0.05, 0.1) is 4.47 Å². The molecule has 1 unspecified atom stereocenters. The van der Waals surface area contributed by atoms with E-state index in [4.69, 9.17) is 5.11 Å². The van der Waals surface area contributed by atoms with Gasteiger partial charge in [0.2, 0.25) is 0 Å². The Balaban J connectivity index is 2.79. The maximum absolute atomic E-state index is 9.00. The minimum atomic E-state index is -0.133. The number of nitrogens with zero attached hydrogens (tertiary/aromatic N) is 2. The fourth-order valence-electron chi connectivity index (χ4n) is 1.26. The largest absolute Gasteiger partial charge is 0.396 e. The molecule has 0 radical (unpaired) electrons. The zero-order chi connectivity index (χ0) is 11.3. The molecule has 0 bridgehead atoms. The van der Waals surface area contributed by atoms with Crippen LogP contribution in [0.1, 0.15) is 26.7 Å². The van der Waals surface area contributed by atoms with Crippen LogP contribution in [0.15, 0.2) is 17.0 Å². The highest BCUT2D eigenvalue weighted by molar-refractivity contribution is 9.10. The van der Waals surface area contributed by atoms with Gasteiger partial charge in [0, 0.05) is 18.3 Å². The maximum Gasteiger partial charge on any atom is 0.144 e. The van der Waals surface area contributed by atoms with Crippen molar-refractivity contribution in [2.75, 3.05) is 11.9 Å². The van der Waals surface area contributed by atoms with E-state index in [2.05, 4.69) is 45.1 Å². The van der Waals surface area contributed by atoms with Gasteiger partial charge in [0.1, 0.15) is 12.1 Å². The van der Waals surface area contributed by atoms with E-state index in [1.165, 1.54) is 6.33 Å². The van der Waals surface area contributed by atoms with Gasteiger partial charge >= 0.3 is 0 Å². The smallest absolute Gasteiger partial charge is 0.144 e. The van der Waals surface area contributed by atoms with Crippen LogP contribution in [0.3, 0.4) is 0 Å². The van der Waals surface area contributed by atoms with Crippen LogP contribution < -0.4 is 5.32 Å². The van der Waals surface area contributed by atoms with Gasteiger partial charge in [0.25, 0.3) is 0 Å². The average Bonchev–Trinajstić information content (AvgIpc) is 2.22.